The van der Waals surface area contributed by atoms with Gasteiger partial charge in [0.05, 0.1) is 23.7 Å². The third-order valence-corrected chi connectivity index (χ3v) is 11.1. The van der Waals surface area contributed by atoms with Gasteiger partial charge in [0.2, 0.25) is 0 Å². The minimum atomic E-state index is -3.61. The molecule has 0 spiro atoms. The SMILES string of the molecule is CC(C)(C)OC(=O)N1CCC[C@@H](S(=O)(=O)CC[C@@H]2OCC[C@@]3(Cc4ccc(Cl)cc4)c4c(F)ccc(F)c4OC[C@@H]23)C1. The molecule has 1 amide bonds. The van der Waals surface area contributed by atoms with E-state index >= 15 is 4.39 Å². The van der Waals surface area contributed by atoms with Crippen LogP contribution in [-0.4, -0.2) is 68.4 Å². The van der Waals surface area contributed by atoms with Crippen LogP contribution >= 0.6 is 11.6 Å². The summed E-state index contributed by atoms with van der Waals surface area (Å²) in [6.45, 7) is 6.17. The lowest BCUT2D eigenvalue weighted by Crippen LogP contribution is -2.55. The van der Waals surface area contributed by atoms with E-state index in [1.165, 1.54) is 4.90 Å². The molecule has 2 fully saturated rings. The number of hydrogen-bond acceptors (Lipinski definition) is 6. The van der Waals surface area contributed by atoms with Gasteiger partial charge in [-0.25, -0.2) is 22.0 Å². The second-order valence-electron chi connectivity index (χ2n) is 12.6. The summed E-state index contributed by atoms with van der Waals surface area (Å²) in [5.41, 5.74) is -0.453. The lowest BCUT2D eigenvalue weighted by molar-refractivity contribution is -0.0963. The van der Waals surface area contributed by atoms with Crippen LogP contribution in [0.3, 0.4) is 0 Å². The molecule has 0 unspecified atom stereocenters. The second-order valence-corrected chi connectivity index (χ2v) is 15.5. The van der Waals surface area contributed by atoms with E-state index in [4.69, 9.17) is 25.8 Å². The number of sulfone groups is 1. The quantitative estimate of drug-likeness (QED) is 0.386. The molecule has 3 heterocycles. The van der Waals surface area contributed by atoms with Crippen molar-refractivity contribution in [3.63, 3.8) is 0 Å². The molecule has 2 aromatic rings. The molecule has 5 rings (SSSR count). The third kappa shape index (κ3) is 6.40. The zero-order chi connectivity index (χ0) is 30.3. The number of fused-ring (bicyclic) bond motifs is 3. The first-order valence-corrected chi connectivity index (χ1v) is 16.6. The number of ether oxygens (including phenoxy) is 3. The van der Waals surface area contributed by atoms with Crippen LogP contribution in [-0.2, 0) is 31.1 Å². The molecule has 7 nitrogen and oxygen atoms in total. The minimum absolute atomic E-state index is 0.0710. The average molecular weight is 626 g/mol. The summed E-state index contributed by atoms with van der Waals surface area (Å²) in [4.78, 5) is 14.1. The van der Waals surface area contributed by atoms with Gasteiger partial charge in [-0.1, -0.05) is 23.7 Å². The van der Waals surface area contributed by atoms with Crippen molar-refractivity contribution >= 4 is 27.5 Å². The predicted molar refractivity (Wildman–Crippen MR) is 156 cm³/mol. The topological polar surface area (TPSA) is 82.1 Å². The summed E-state index contributed by atoms with van der Waals surface area (Å²) < 4.78 is 75.0. The normalized spacial score (nSPS) is 26.1. The molecule has 3 aliphatic rings. The Balaban J connectivity index is 1.38. The lowest BCUT2D eigenvalue weighted by atomic mass is 9.60. The van der Waals surface area contributed by atoms with Crippen molar-refractivity contribution in [3.05, 3.63) is 64.2 Å². The van der Waals surface area contributed by atoms with Crippen LogP contribution in [0.4, 0.5) is 13.6 Å². The fourth-order valence-corrected chi connectivity index (χ4v) is 8.62. The number of hydrogen-bond donors (Lipinski definition) is 0. The highest BCUT2D eigenvalue weighted by Gasteiger charge is 2.53. The molecular formula is C31H38ClF2NO6S. The van der Waals surface area contributed by atoms with Gasteiger partial charge in [-0.05, 0) is 82.7 Å². The highest BCUT2D eigenvalue weighted by molar-refractivity contribution is 7.92. The van der Waals surface area contributed by atoms with Crippen LogP contribution in [0.2, 0.25) is 5.02 Å². The average Bonchev–Trinajstić information content (AvgIpc) is 2.94. The molecule has 0 bridgehead atoms. The van der Waals surface area contributed by atoms with Gasteiger partial charge in [-0.15, -0.1) is 0 Å². The molecular weight excluding hydrogens is 588 g/mol. The van der Waals surface area contributed by atoms with Crippen molar-refractivity contribution < 1.29 is 36.2 Å². The van der Waals surface area contributed by atoms with Gasteiger partial charge in [0, 0.05) is 41.6 Å². The predicted octanol–water partition coefficient (Wildman–Crippen LogP) is 6.10. The molecule has 2 saturated heterocycles. The molecule has 3 aliphatic heterocycles. The van der Waals surface area contributed by atoms with Crippen LogP contribution in [0.15, 0.2) is 36.4 Å². The number of nitrogens with zero attached hydrogens (tertiary/aromatic N) is 1. The minimum Gasteiger partial charge on any atom is -0.490 e. The highest BCUT2D eigenvalue weighted by atomic mass is 35.5. The summed E-state index contributed by atoms with van der Waals surface area (Å²) in [5, 5.41) is -0.142. The van der Waals surface area contributed by atoms with Gasteiger partial charge in [0.15, 0.2) is 21.4 Å². The summed E-state index contributed by atoms with van der Waals surface area (Å²) in [5.74, 6) is -1.83. The Kier molecular flexibility index (Phi) is 8.80. The van der Waals surface area contributed by atoms with Gasteiger partial charge >= 0.3 is 6.09 Å². The molecule has 230 valence electrons. The van der Waals surface area contributed by atoms with E-state index in [0.717, 1.165) is 17.7 Å². The maximum atomic E-state index is 15.5. The van der Waals surface area contributed by atoms with Crippen molar-refractivity contribution in [2.24, 2.45) is 5.92 Å². The molecule has 4 atom stereocenters. The summed E-state index contributed by atoms with van der Waals surface area (Å²) >= 11 is 6.11. The molecule has 0 N–H and O–H groups in total. The molecule has 42 heavy (non-hydrogen) atoms. The first kappa shape index (κ1) is 31.0. The van der Waals surface area contributed by atoms with E-state index in [1.807, 2.05) is 12.1 Å². The third-order valence-electron chi connectivity index (χ3n) is 8.66. The molecule has 0 saturated carbocycles. The maximum absolute atomic E-state index is 15.5. The van der Waals surface area contributed by atoms with Gasteiger partial charge in [0.1, 0.15) is 11.4 Å². The molecule has 0 radical (unpaired) electrons. The van der Waals surface area contributed by atoms with Gasteiger partial charge in [0.25, 0.3) is 0 Å². The summed E-state index contributed by atoms with van der Waals surface area (Å²) in [6, 6.07) is 9.46. The summed E-state index contributed by atoms with van der Waals surface area (Å²) in [7, 11) is -3.61. The van der Waals surface area contributed by atoms with E-state index in [2.05, 4.69) is 0 Å². The Bertz CT molecular complexity index is 1410. The molecule has 0 aliphatic carbocycles. The monoisotopic (exact) mass is 625 g/mol. The van der Waals surface area contributed by atoms with Crippen LogP contribution in [0.5, 0.6) is 5.75 Å². The number of piperidine rings is 1. The standard InChI is InChI=1S/C31H38ClF2NO6S/c1-30(2,3)41-29(36)35-14-4-5-22(18-35)42(37,38)16-12-26-23-19-40-28-25(34)11-10-24(33)27(28)31(23,13-15-39-26)17-20-6-8-21(32)9-7-20/h6-11,22-23,26H,4-5,12-19H2,1-3H3/t22-,23+,26+,31+/m1/s1. The first-order chi connectivity index (χ1) is 19.8. The fourth-order valence-electron chi connectivity index (χ4n) is 6.67. The van der Waals surface area contributed by atoms with Crippen molar-refractivity contribution in [1.82, 2.24) is 4.90 Å². The zero-order valence-electron chi connectivity index (χ0n) is 24.2. The van der Waals surface area contributed by atoms with Crippen LogP contribution in [0.25, 0.3) is 0 Å². The number of amides is 1. The number of carbonyl (C=O) groups is 1. The van der Waals surface area contributed by atoms with Crippen LogP contribution in [0.1, 0.15) is 57.6 Å². The van der Waals surface area contributed by atoms with Crippen molar-refractivity contribution in [2.75, 3.05) is 32.1 Å². The van der Waals surface area contributed by atoms with Crippen molar-refractivity contribution in [1.29, 1.82) is 0 Å². The maximum Gasteiger partial charge on any atom is 0.410 e. The molecule has 0 aromatic heterocycles. The first-order valence-electron chi connectivity index (χ1n) is 14.5. The number of carbonyl (C=O) groups excluding carboxylic acids is 1. The smallest absolute Gasteiger partial charge is 0.410 e. The fraction of sp³-hybridized carbons (Fsp3) is 0.581. The Labute approximate surface area is 251 Å². The Morgan fingerprint density at radius 2 is 1.86 bits per heavy atom. The molecule has 11 heteroatoms. The van der Waals surface area contributed by atoms with E-state index in [1.54, 1.807) is 32.9 Å². The van der Waals surface area contributed by atoms with Crippen LogP contribution in [0, 0.1) is 17.6 Å². The zero-order valence-corrected chi connectivity index (χ0v) is 25.8. The number of likely N-dealkylation sites (tertiary alicyclic amines) is 1. The summed E-state index contributed by atoms with van der Waals surface area (Å²) in [6.07, 6.45) is 0.941. The van der Waals surface area contributed by atoms with E-state index in [-0.39, 0.29) is 43.2 Å². The van der Waals surface area contributed by atoms with Gasteiger partial charge in [-0.2, -0.15) is 0 Å². The van der Waals surface area contributed by atoms with Crippen LogP contribution < -0.4 is 4.74 Å². The Hall–Kier alpha value is -2.43. The highest BCUT2D eigenvalue weighted by Crippen LogP contribution is 2.53. The number of benzene rings is 2. The van der Waals surface area contributed by atoms with Crippen molar-refractivity contribution in [3.8, 4) is 5.75 Å². The molecule has 2 aromatic carbocycles. The van der Waals surface area contributed by atoms with E-state index in [9.17, 15) is 17.6 Å². The number of halogens is 3. The van der Waals surface area contributed by atoms with Crippen molar-refractivity contribution in [2.45, 2.75) is 75.2 Å². The number of rotatable bonds is 6. The van der Waals surface area contributed by atoms with Gasteiger partial charge in [-0.3, -0.25) is 0 Å². The van der Waals surface area contributed by atoms with E-state index in [0.29, 0.717) is 37.3 Å². The Morgan fingerprint density at radius 1 is 1.14 bits per heavy atom. The van der Waals surface area contributed by atoms with Gasteiger partial charge < -0.3 is 19.1 Å². The van der Waals surface area contributed by atoms with E-state index < -0.39 is 55.9 Å². The Morgan fingerprint density at radius 3 is 2.57 bits per heavy atom. The second kappa shape index (κ2) is 11.9. The largest absolute Gasteiger partial charge is 0.490 e. The lowest BCUT2D eigenvalue weighted by Gasteiger charge is -2.51.